The number of rotatable bonds is 3. The lowest BCUT2D eigenvalue weighted by Crippen LogP contribution is -2.34. The number of anilines is 1. The van der Waals surface area contributed by atoms with Crippen LogP contribution in [0, 0.1) is 5.92 Å². The van der Waals surface area contributed by atoms with Crippen LogP contribution in [0.5, 0.6) is 11.5 Å². The summed E-state index contributed by atoms with van der Waals surface area (Å²) in [7, 11) is 0. The Morgan fingerprint density at radius 1 is 1.18 bits per heavy atom. The molecule has 0 radical (unpaired) electrons. The van der Waals surface area contributed by atoms with Crippen LogP contribution in [0.4, 0.5) is 5.69 Å². The number of aromatic hydroxyl groups is 2. The standard InChI is InChI=1S/C18H19NO3/c1-12(10-13-6-7-16(20)17(21)11-13)18(22)19-9-8-14-4-2-3-5-15(14)19/h2-7,11-12,20-21H,8-10H2,1H3. The SMILES string of the molecule is CC(Cc1ccc(O)c(O)c1)C(=O)N1CCc2ccccc21. The summed E-state index contributed by atoms with van der Waals surface area (Å²) >= 11 is 0. The van der Waals surface area contributed by atoms with E-state index in [4.69, 9.17) is 0 Å². The summed E-state index contributed by atoms with van der Waals surface area (Å²) in [5.74, 6) is -0.382. The van der Waals surface area contributed by atoms with Gasteiger partial charge < -0.3 is 15.1 Å². The fourth-order valence-corrected chi connectivity index (χ4v) is 2.97. The van der Waals surface area contributed by atoms with Gasteiger partial charge >= 0.3 is 0 Å². The molecule has 1 atom stereocenters. The van der Waals surface area contributed by atoms with Crippen molar-refractivity contribution in [3.8, 4) is 11.5 Å². The van der Waals surface area contributed by atoms with Gasteiger partial charge in [0.2, 0.25) is 5.91 Å². The zero-order chi connectivity index (χ0) is 15.7. The van der Waals surface area contributed by atoms with Crippen LogP contribution in [0.1, 0.15) is 18.1 Å². The fourth-order valence-electron chi connectivity index (χ4n) is 2.97. The zero-order valence-corrected chi connectivity index (χ0v) is 12.5. The third kappa shape index (κ3) is 2.64. The summed E-state index contributed by atoms with van der Waals surface area (Å²) in [6.07, 6.45) is 1.43. The van der Waals surface area contributed by atoms with E-state index in [1.807, 2.05) is 30.0 Å². The second kappa shape index (κ2) is 5.72. The largest absolute Gasteiger partial charge is 0.504 e. The molecular weight excluding hydrogens is 278 g/mol. The van der Waals surface area contributed by atoms with Crippen LogP contribution in [0.15, 0.2) is 42.5 Å². The number of hydrogen-bond donors (Lipinski definition) is 2. The zero-order valence-electron chi connectivity index (χ0n) is 12.5. The molecule has 0 saturated heterocycles. The molecule has 2 aromatic carbocycles. The van der Waals surface area contributed by atoms with E-state index in [-0.39, 0.29) is 23.3 Å². The van der Waals surface area contributed by atoms with Gasteiger partial charge in [0.1, 0.15) is 0 Å². The van der Waals surface area contributed by atoms with Crippen molar-refractivity contribution in [3.63, 3.8) is 0 Å². The Morgan fingerprint density at radius 3 is 2.73 bits per heavy atom. The smallest absolute Gasteiger partial charge is 0.230 e. The molecule has 1 heterocycles. The topological polar surface area (TPSA) is 60.8 Å². The van der Waals surface area contributed by atoms with E-state index in [1.54, 1.807) is 6.07 Å². The highest BCUT2D eigenvalue weighted by atomic mass is 16.3. The molecule has 0 spiro atoms. The number of amides is 1. The highest BCUT2D eigenvalue weighted by Crippen LogP contribution is 2.30. The van der Waals surface area contributed by atoms with Gasteiger partial charge in [-0.15, -0.1) is 0 Å². The minimum atomic E-state index is -0.185. The molecule has 0 aliphatic carbocycles. The van der Waals surface area contributed by atoms with Crippen molar-refractivity contribution in [1.29, 1.82) is 0 Å². The van der Waals surface area contributed by atoms with Gasteiger partial charge in [-0.25, -0.2) is 0 Å². The van der Waals surface area contributed by atoms with Crippen LogP contribution in [0.2, 0.25) is 0 Å². The van der Waals surface area contributed by atoms with E-state index < -0.39 is 0 Å². The molecule has 3 rings (SSSR count). The molecule has 114 valence electrons. The Balaban J connectivity index is 1.74. The molecule has 1 amide bonds. The lowest BCUT2D eigenvalue weighted by Gasteiger charge is -2.21. The maximum atomic E-state index is 12.7. The number of nitrogens with zero attached hydrogens (tertiary/aromatic N) is 1. The molecule has 0 saturated carbocycles. The first-order valence-corrected chi connectivity index (χ1v) is 7.46. The maximum Gasteiger partial charge on any atom is 0.230 e. The number of carbonyl (C=O) groups excluding carboxylic acids is 1. The van der Waals surface area contributed by atoms with Crippen molar-refractivity contribution in [3.05, 3.63) is 53.6 Å². The van der Waals surface area contributed by atoms with Crippen LogP contribution >= 0.6 is 0 Å². The van der Waals surface area contributed by atoms with Gasteiger partial charge in [-0.3, -0.25) is 4.79 Å². The molecule has 22 heavy (non-hydrogen) atoms. The first-order valence-electron chi connectivity index (χ1n) is 7.46. The van der Waals surface area contributed by atoms with E-state index in [0.29, 0.717) is 6.42 Å². The predicted octanol–water partition coefficient (Wildman–Crippen LogP) is 2.87. The summed E-state index contributed by atoms with van der Waals surface area (Å²) in [6, 6.07) is 12.7. The summed E-state index contributed by atoms with van der Waals surface area (Å²) in [5, 5.41) is 18.9. The Labute approximate surface area is 129 Å². The van der Waals surface area contributed by atoms with Gasteiger partial charge in [0.05, 0.1) is 0 Å². The maximum absolute atomic E-state index is 12.7. The van der Waals surface area contributed by atoms with Gasteiger partial charge in [0.15, 0.2) is 11.5 Å². The number of para-hydroxylation sites is 1. The van der Waals surface area contributed by atoms with Crippen molar-refractivity contribution in [2.24, 2.45) is 5.92 Å². The average Bonchev–Trinajstić information content (AvgIpc) is 2.94. The van der Waals surface area contributed by atoms with E-state index in [9.17, 15) is 15.0 Å². The Bertz CT molecular complexity index is 711. The highest BCUT2D eigenvalue weighted by Gasteiger charge is 2.27. The van der Waals surface area contributed by atoms with Gasteiger partial charge in [0.25, 0.3) is 0 Å². The minimum Gasteiger partial charge on any atom is -0.504 e. The second-order valence-corrected chi connectivity index (χ2v) is 5.80. The second-order valence-electron chi connectivity index (χ2n) is 5.80. The average molecular weight is 297 g/mol. The summed E-state index contributed by atoms with van der Waals surface area (Å²) in [5.41, 5.74) is 3.06. The Hall–Kier alpha value is -2.49. The Kier molecular flexibility index (Phi) is 3.75. The van der Waals surface area contributed by atoms with Crippen molar-refractivity contribution >= 4 is 11.6 Å². The molecule has 4 nitrogen and oxygen atoms in total. The van der Waals surface area contributed by atoms with Gasteiger partial charge in [-0.05, 0) is 42.2 Å². The molecule has 0 bridgehead atoms. The van der Waals surface area contributed by atoms with Crippen LogP contribution in [-0.4, -0.2) is 22.7 Å². The van der Waals surface area contributed by atoms with Crippen LogP contribution in [0.3, 0.4) is 0 Å². The third-order valence-electron chi connectivity index (χ3n) is 4.16. The first kappa shape index (κ1) is 14.4. The van der Waals surface area contributed by atoms with E-state index >= 15 is 0 Å². The van der Waals surface area contributed by atoms with Gasteiger partial charge in [0, 0.05) is 18.2 Å². The summed E-state index contributed by atoms with van der Waals surface area (Å²) < 4.78 is 0. The van der Waals surface area contributed by atoms with E-state index in [1.165, 1.54) is 17.7 Å². The molecule has 1 aliphatic heterocycles. The quantitative estimate of drug-likeness (QED) is 0.856. The minimum absolute atomic E-state index is 0.0949. The van der Waals surface area contributed by atoms with Crippen molar-refractivity contribution in [1.82, 2.24) is 0 Å². The number of fused-ring (bicyclic) bond motifs is 1. The molecule has 4 heteroatoms. The number of phenols is 2. The third-order valence-corrected chi connectivity index (χ3v) is 4.16. The van der Waals surface area contributed by atoms with Crippen molar-refractivity contribution in [2.45, 2.75) is 19.8 Å². The molecule has 1 aliphatic rings. The number of benzene rings is 2. The normalized spacial score (nSPS) is 14.7. The molecule has 1 unspecified atom stereocenters. The fraction of sp³-hybridized carbons (Fsp3) is 0.278. The highest BCUT2D eigenvalue weighted by molar-refractivity contribution is 5.96. The molecule has 2 aromatic rings. The van der Waals surface area contributed by atoms with E-state index in [2.05, 4.69) is 6.07 Å². The van der Waals surface area contributed by atoms with Crippen LogP contribution in [0.25, 0.3) is 0 Å². The molecule has 0 fully saturated rings. The Morgan fingerprint density at radius 2 is 1.95 bits per heavy atom. The monoisotopic (exact) mass is 297 g/mol. The molecule has 2 N–H and O–H groups in total. The van der Waals surface area contributed by atoms with Gasteiger partial charge in [-0.2, -0.15) is 0 Å². The predicted molar refractivity (Wildman–Crippen MR) is 85.1 cm³/mol. The molecule has 0 aromatic heterocycles. The van der Waals surface area contributed by atoms with Crippen molar-refractivity contribution < 1.29 is 15.0 Å². The van der Waals surface area contributed by atoms with Crippen LogP contribution < -0.4 is 4.90 Å². The van der Waals surface area contributed by atoms with Crippen molar-refractivity contribution in [2.75, 3.05) is 11.4 Å². The van der Waals surface area contributed by atoms with Crippen LogP contribution in [-0.2, 0) is 17.6 Å². The number of phenolic OH excluding ortho intramolecular Hbond substituents is 2. The summed E-state index contributed by atoms with van der Waals surface area (Å²) in [4.78, 5) is 14.5. The van der Waals surface area contributed by atoms with E-state index in [0.717, 1.165) is 24.2 Å². The number of carbonyl (C=O) groups is 1. The molecular formula is C18H19NO3. The van der Waals surface area contributed by atoms with Gasteiger partial charge in [-0.1, -0.05) is 31.2 Å². The number of hydrogen-bond acceptors (Lipinski definition) is 3. The first-order chi connectivity index (χ1) is 10.6. The summed E-state index contributed by atoms with van der Waals surface area (Å²) in [6.45, 7) is 2.62. The lowest BCUT2D eigenvalue weighted by molar-refractivity contribution is -0.121. The lowest BCUT2D eigenvalue weighted by atomic mass is 9.99.